The van der Waals surface area contributed by atoms with Gasteiger partial charge in [0.1, 0.15) is 0 Å². The van der Waals surface area contributed by atoms with Crippen LogP contribution in [-0.2, 0) is 42.9 Å². The summed E-state index contributed by atoms with van der Waals surface area (Å²) in [4.78, 5) is 45.3. The van der Waals surface area contributed by atoms with Gasteiger partial charge in [-0.15, -0.1) is 24.0 Å². The molecule has 15 heteroatoms. The lowest BCUT2D eigenvalue weighted by Gasteiger charge is -2.55. The van der Waals surface area contributed by atoms with Gasteiger partial charge in [0.25, 0.3) is 0 Å². The summed E-state index contributed by atoms with van der Waals surface area (Å²) >= 11 is 0. The SMILES string of the molecule is CC(=O)OC(O)[C@H]1O[C@H](O)[C@@](O)(OC(C)=O)[C@](O)(OC(C)=O)[C@@]1(O)OC(C)=O.I. The molecule has 1 saturated heterocycles. The summed E-state index contributed by atoms with van der Waals surface area (Å²) in [5.41, 5.74) is 0. The number of aliphatic hydroxyl groups is 5. The van der Waals surface area contributed by atoms with Crippen molar-refractivity contribution in [3.05, 3.63) is 0 Å². The highest BCUT2D eigenvalue weighted by atomic mass is 127. The van der Waals surface area contributed by atoms with E-state index in [2.05, 4.69) is 23.7 Å². The zero-order valence-electron chi connectivity index (χ0n) is 15.6. The minimum absolute atomic E-state index is 0. The van der Waals surface area contributed by atoms with Gasteiger partial charge in [-0.25, -0.2) is 0 Å². The second-order valence-corrected chi connectivity index (χ2v) is 5.73. The minimum Gasteiger partial charge on any atom is -0.433 e. The Morgan fingerprint density at radius 1 is 0.828 bits per heavy atom. The van der Waals surface area contributed by atoms with Crippen molar-refractivity contribution in [2.24, 2.45) is 0 Å². The lowest BCUT2D eigenvalue weighted by molar-refractivity contribution is -0.538. The summed E-state index contributed by atoms with van der Waals surface area (Å²) < 4.78 is 22.3. The van der Waals surface area contributed by atoms with Gasteiger partial charge in [-0.3, -0.25) is 19.2 Å². The van der Waals surface area contributed by atoms with Crippen LogP contribution in [0.5, 0.6) is 0 Å². The van der Waals surface area contributed by atoms with Gasteiger partial charge in [-0.2, -0.15) is 0 Å². The van der Waals surface area contributed by atoms with E-state index in [0.29, 0.717) is 20.8 Å². The molecular formula is C14H21IO14. The van der Waals surface area contributed by atoms with E-state index in [1.807, 2.05) is 0 Å². The third-order valence-electron chi connectivity index (χ3n) is 3.40. The summed E-state index contributed by atoms with van der Waals surface area (Å²) in [6.45, 7) is 2.88. The van der Waals surface area contributed by atoms with Crippen LogP contribution in [0.3, 0.4) is 0 Å². The molecular weight excluding hydrogens is 519 g/mol. The Bertz CT molecular complexity index is 669. The van der Waals surface area contributed by atoms with Gasteiger partial charge < -0.3 is 49.2 Å². The monoisotopic (exact) mass is 540 g/mol. The van der Waals surface area contributed by atoms with Crippen LogP contribution in [0.1, 0.15) is 27.7 Å². The van der Waals surface area contributed by atoms with Crippen molar-refractivity contribution in [3.63, 3.8) is 0 Å². The van der Waals surface area contributed by atoms with Gasteiger partial charge >= 0.3 is 41.2 Å². The molecule has 1 aliphatic heterocycles. The molecule has 1 rings (SSSR count). The van der Waals surface area contributed by atoms with E-state index in [1.54, 1.807) is 0 Å². The second-order valence-electron chi connectivity index (χ2n) is 5.73. The molecule has 0 aromatic rings. The molecule has 5 N–H and O–H groups in total. The van der Waals surface area contributed by atoms with Crippen LogP contribution in [0.25, 0.3) is 0 Å². The van der Waals surface area contributed by atoms with Gasteiger partial charge in [0.15, 0.2) is 6.10 Å². The average Bonchev–Trinajstić information content (AvgIpc) is 2.47. The first-order valence-corrected chi connectivity index (χ1v) is 7.55. The molecule has 14 nitrogen and oxygen atoms in total. The fraction of sp³-hybridized carbons (Fsp3) is 0.714. The van der Waals surface area contributed by atoms with Crippen LogP contribution < -0.4 is 0 Å². The van der Waals surface area contributed by atoms with Gasteiger partial charge in [-0.05, 0) is 0 Å². The Morgan fingerprint density at radius 3 is 1.62 bits per heavy atom. The van der Waals surface area contributed by atoms with Crippen molar-refractivity contribution >= 4 is 47.9 Å². The quantitative estimate of drug-likeness (QED) is 0.101. The summed E-state index contributed by atoms with van der Waals surface area (Å²) in [6.07, 6.45) is -7.91. The van der Waals surface area contributed by atoms with E-state index in [9.17, 15) is 44.7 Å². The molecule has 0 spiro atoms. The molecule has 1 fully saturated rings. The zero-order chi connectivity index (χ0) is 22.1. The van der Waals surface area contributed by atoms with E-state index in [4.69, 9.17) is 0 Å². The smallest absolute Gasteiger partial charge is 0.352 e. The van der Waals surface area contributed by atoms with E-state index in [-0.39, 0.29) is 24.0 Å². The number of aliphatic hydroxyl groups excluding tert-OH is 2. The number of esters is 4. The number of carbonyl (C=O) groups excluding carboxylic acids is 4. The van der Waals surface area contributed by atoms with Crippen LogP contribution in [0, 0.1) is 0 Å². The predicted octanol–water partition coefficient (Wildman–Crippen LogP) is -3.04. The Hall–Kier alpha value is -1.63. The maximum absolute atomic E-state index is 11.5. The standard InChI is InChI=1S/C14H20O14.HI/c1-5(15)24-10(19)9-12(21,26-6(2)16)14(23,28-8(4)18)13(22,11(20)25-9)27-7(3)17;/h9-11,19-23H,1-4H3;1H/t9-,10?,11+,12+,13-,14-;/m1./s1. The van der Waals surface area contributed by atoms with Crippen molar-refractivity contribution < 1.29 is 68.4 Å². The lowest BCUT2D eigenvalue weighted by atomic mass is 9.86. The largest absolute Gasteiger partial charge is 0.433 e. The van der Waals surface area contributed by atoms with Crippen LogP contribution in [-0.4, -0.2) is 85.5 Å². The highest BCUT2D eigenvalue weighted by molar-refractivity contribution is 14.0. The number of halogens is 1. The molecule has 1 heterocycles. The summed E-state index contributed by atoms with van der Waals surface area (Å²) in [5, 5.41) is 52.1. The maximum atomic E-state index is 11.5. The molecule has 1 aliphatic rings. The van der Waals surface area contributed by atoms with Crippen LogP contribution in [0.2, 0.25) is 0 Å². The first-order chi connectivity index (χ1) is 12.6. The Balaban J connectivity index is 0.00000784. The van der Waals surface area contributed by atoms with Crippen molar-refractivity contribution in [1.82, 2.24) is 0 Å². The van der Waals surface area contributed by atoms with Crippen LogP contribution in [0.15, 0.2) is 0 Å². The van der Waals surface area contributed by atoms with Crippen molar-refractivity contribution in [2.75, 3.05) is 0 Å². The molecule has 0 saturated carbocycles. The fourth-order valence-electron chi connectivity index (χ4n) is 2.47. The third kappa shape index (κ3) is 5.11. The molecule has 1 unspecified atom stereocenters. The molecule has 29 heavy (non-hydrogen) atoms. The van der Waals surface area contributed by atoms with Gasteiger partial charge in [0.05, 0.1) is 0 Å². The number of ether oxygens (including phenoxy) is 5. The van der Waals surface area contributed by atoms with E-state index >= 15 is 0 Å². The molecule has 0 aliphatic carbocycles. The molecule has 0 radical (unpaired) electrons. The normalized spacial score (nSPS) is 34.8. The summed E-state index contributed by atoms with van der Waals surface area (Å²) in [5.74, 6) is -16.8. The fourth-order valence-corrected chi connectivity index (χ4v) is 2.47. The van der Waals surface area contributed by atoms with Gasteiger partial charge in [-0.1, -0.05) is 0 Å². The molecule has 0 aromatic carbocycles. The maximum Gasteiger partial charge on any atom is 0.352 e. The molecule has 168 valence electrons. The van der Waals surface area contributed by atoms with Crippen molar-refractivity contribution in [3.8, 4) is 0 Å². The number of carbonyl (C=O) groups is 4. The average molecular weight is 540 g/mol. The molecule has 0 bridgehead atoms. The summed E-state index contributed by atoms with van der Waals surface area (Å²) in [7, 11) is 0. The molecule has 6 atom stereocenters. The third-order valence-corrected chi connectivity index (χ3v) is 3.40. The first-order valence-electron chi connectivity index (χ1n) is 7.55. The predicted molar refractivity (Wildman–Crippen MR) is 94.2 cm³/mol. The van der Waals surface area contributed by atoms with Gasteiger partial charge in [0.2, 0.25) is 12.6 Å². The highest BCUT2D eigenvalue weighted by Crippen LogP contribution is 2.47. The summed E-state index contributed by atoms with van der Waals surface area (Å²) in [6, 6.07) is 0. The minimum atomic E-state index is -3.97. The Kier molecular flexibility index (Phi) is 8.92. The second kappa shape index (κ2) is 9.45. The van der Waals surface area contributed by atoms with Crippen molar-refractivity contribution in [1.29, 1.82) is 0 Å². The number of hydrogen-bond donors (Lipinski definition) is 5. The van der Waals surface area contributed by atoms with E-state index < -0.39 is 59.9 Å². The highest BCUT2D eigenvalue weighted by Gasteiger charge is 2.81. The zero-order valence-corrected chi connectivity index (χ0v) is 17.9. The van der Waals surface area contributed by atoms with Gasteiger partial charge in [0, 0.05) is 27.7 Å². The van der Waals surface area contributed by atoms with E-state index in [1.165, 1.54) is 0 Å². The lowest BCUT2D eigenvalue weighted by Crippen LogP contribution is -2.84. The van der Waals surface area contributed by atoms with E-state index in [0.717, 1.165) is 6.92 Å². The van der Waals surface area contributed by atoms with Crippen molar-refractivity contribution in [2.45, 2.75) is 63.7 Å². The molecule has 0 aromatic heterocycles. The molecule has 0 amide bonds. The number of rotatable bonds is 5. The number of hydrogen-bond acceptors (Lipinski definition) is 14. The Labute approximate surface area is 180 Å². The van der Waals surface area contributed by atoms with Crippen LogP contribution in [0.4, 0.5) is 0 Å². The Morgan fingerprint density at radius 2 is 1.24 bits per heavy atom. The van der Waals surface area contributed by atoms with Crippen LogP contribution >= 0.6 is 24.0 Å². The first kappa shape index (κ1) is 27.4. The topological polar surface area (TPSA) is 216 Å².